The van der Waals surface area contributed by atoms with Crippen molar-refractivity contribution in [2.75, 3.05) is 12.4 Å². The Balaban J connectivity index is 2.10. The van der Waals surface area contributed by atoms with Crippen LogP contribution in [0.4, 0.5) is 11.4 Å². The molecule has 7 nitrogen and oxygen atoms in total. The summed E-state index contributed by atoms with van der Waals surface area (Å²) in [5, 5.41) is 17.4. The number of ether oxygens (including phenoxy) is 1. The first kappa shape index (κ1) is 19.7. The minimum Gasteiger partial charge on any atom is -0.495 e. The first-order valence-corrected chi connectivity index (χ1v) is 8.35. The SMILES string of the molecule is COc1ccc([N+](=O)[O-])cc1NC(=O)C(C)NC(C)c1ccccc1Cl. The average molecular weight is 378 g/mol. The number of nitrogens with one attached hydrogen (secondary N) is 2. The number of carbonyl (C=O) groups is 1. The smallest absolute Gasteiger partial charge is 0.271 e. The lowest BCUT2D eigenvalue weighted by molar-refractivity contribution is -0.384. The third-order valence-corrected chi connectivity index (χ3v) is 4.26. The second kappa shape index (κ2) is 8.64. The number of anilines is 1. The van der Waals surface area contributed by atoms with E-state index in [1.54, 1.807) is 13.0 Å². The number of carbonyl (C=O) groups excluding carboxylic acids is 1. The molecule has 0 heterocycles. The van der Waals surface area contributed by atoms with Crippen molar-refractivity contribution in [2.24, 2.45) is 0 Å². The normalized spacial score (nSPS) is 12.9. The second-order valence-corrected chi connectivity index (χ2v) is 6.17. The number of methoxy groups -OCH3 is 1. The Morgan fingerprint density at radius 1 is 1.23 bits per heavy atom. The number of halogens is 1. The van der Waals surface area contributed by atoms with Crippen LogP contribution < -0.4 is 15.4 Å². The molecular formula is C18H20ClN3O4. The predicted octanol–water partition coefficient (Wildman–Crippen LogP) is 3.93. The van der Waals surface area contributed by atoms with E-state index in [0.717, 1.165) is 5.56 Å². The first-order valence-electron chi connectivity index (χ1n) is 7.97. The van der Waals surface area contributed by atoms with E-state index in [4.69, 9.17) is 16.3 Å². The molecule has 0 spiro atoms. The average Bonchev–Trinajstić information content (AvgIpc) is 2.61. The van der Waals surface area contributed by atoms with Gasteiger partial charge in [0.1, 0.15) is 5.75 Å². The number of hydrogen-bond acceptors (Lipinski definition) is 5. The molecule has 2 aromatic rings. The molecule has 8 heteroatoms. The molecule has 2 aromatic carbocycles. The molecule has 0 aliphatic carbocycles. The zero-order valence-corrected chi connectivity index (χ0v) is 15.4. The van der Waals surface area contributed by atoms with E-state index >= 15 is 0 Å². The summed E-state index contributed by atoms with van der Waals surface area (Å²) in [5.74, 6) is -0.00185. The molecule has 2 rings (SSSR count). The number of nitro groups is 1. The van der Waals surface area contributed by atoms with E-state index in [2.05, 4.69) is 10.6 Å². The van der Waals surface area contributed by atoms with Crippen LogP contribution in [0, 0.1) is 10.1 Å². The standard InChI is InChI=1S/C18H20ClN3O4/c1-11(14-6-4-5-7-15(14)19)20-12(2)18(23)21-16-10-13(22(24)25)8-9-17(16)26-3/h4-12,20H,1-3H3,(H,21,23). The molecule has 0 saturated heterocycles. The van der Waals surface area contributed by atoms with Crippen LogP contribution in [-0.4, -0.2) is 24.0 Å². The van der Waals surface area contributed by atoms with Gasteiger partial charge in [-0.25, -0.2) is 0 Å². The Bertz CT molecular complexity index is 813. The number of nitrogens with zero attached hydrogens (tertiary/aromatic N) is 1. The van der Waals surface area contributed by atoms with Crippen molar-refractivity contribution in [2.45, 2.75) is 25.9 Å². The zero-order valence-electron chi connectivity index (χ0n) is 14.7. The molecule has 0 saturated carbocycles. The summed E-state index contributed by atoms with van der Waals surface area (Å²) in [4.78, 5) is 22.9. The van der Waals surface area contributed by atoms with Crippen LogP contribution in [0.2, 0.25) is 5.02 Å². The Morgan fingerprint density at radius 2 is 1.92 bits per heavy atom. The fourth-order valence-corrected chi connectivity index (χ4v) is 2.81. The van der Waals surface area contributed by atoms with E-state index in [9.17, 15) is 14.9 Å². The lowest BCUT2D eigenvalue weighted by Gasteiger charge is -2.21. The molecule has 2 atom stereocenters. The number of benzene rings is 2. The van der Waals surface area contributed by atoms with Gasteiger partial charge in [0.15, 0.2) is 0 Å². The lowest BCUT2D eigenvalue weighted by atomic mass is 10.1. The Morgan fingerprint density at radius 3 is 2.54 bits per heavy atom. The van der Waals surface area contributed by atoms with Crippen LogP contribution in [0.3, 0.4) is 0 Å². The summed E-state index contributed by atoms with van der Waals surface area (Å²) in [6, 6.07) is 10.7. The number of nitro benzene ring substituents is 1. The van der Waals surface area contributed by atoms with Crippen molar-refractivity contribution in [1.82, 2.24) is 5.32 Å². The molecule has 26 heavy (non-hydrogen) atoms. The van der Waals surface area contributed by atoms with Crippen LogP contribution >= 0.6 is 11.6 Å². The van der Waals surface area contributed by atoms with Gasteiger partial charge in [-0.2, -0.15) is 0 Å². The summed E-state index contributed by atoms with van der Waals surface area (Å²) >= 11 is 6.18. The third kappa shape index (κ3) is 4.71. The minimum absolute atomic E-state index is 0.133. The molecule has 2 N–H and O–H groups in total. The van der Waals surface area contributed by atoms with E-state index in [1.807, 2.05) is 25.1 Å². The van der Waals surface area contributed by atoms with Gasteiger partial charge in [0.05, 0.1) is 23.8 Å². The molecule has 1 amide bonds. The van der Waals surface area contributed by atoms with Crippen molar-refractivity contribution >= 4 is 28.9 Å². The monoisotopic (exact) mass is 377 g/mol. The maximum atomic E-state index is 12.5. The molecule has 138 valence electrons. The Labute approximate surface area is 156 Å². The number of non-ortho nitro benzene ring substituents is 1. The van der Waals surface area contributed by atoms with Gasteiger partial charge >= 0.3 is 0 Å². The molecular weight excluding hydrogens is 358 g/mol. The Hall–Kier alpha value is -2.64. The summed E-state index contributed by atoms with van der Waals surface area (Å²) in [6.07, 6.45) is 0. The number of hydrogen-bond donors (Lipinski definition) is 2. The fourth-order valence-electron chi connectivity index (χ4n) is 2.51. The quantitative estimate of drug-likeness (QED) is 0.563. The summed E-state index contributed by atoms with van der Waals surface area (Å²) < 4.78 is 5.15. The molecule has 0 aliphatic heterocycles. The van der Waals surface area contributed by atoms with Crippen LogP contribution in [0.25, 0.3) is 0 Å². The Kier molecular flexibility index (Phi) is 6.54. The van der Waals surface area contributed by atoms with Gasteiger partial charge in [-0.05, 0) is 31.5 Å². The summed E-state index contributed by atoms with van der Waals surface area (Å²) in [5.41, 5.74) is 0.985. The molecule has 0 aromatic heterocycles. The van der Waals surface area contributed by atoms with Gasteiger partial charge in [0.2, 0.25) is 5.91 Å². The maximum absolute atomic E-state index is 12.5. The van der Waals surface area contributed by atoms with Gasteiger partial charge in [0.25, 0.3) is 5.69 Å². The van der Waals surface area contributed by atoms with Crippen molar-refractivity contribution in [3.63, 3.8) is 0 Å². The highest BCUT2D eigenvalue weighted by atomic mass is 35.5. The van der Waals surface area contributed by atoms with Gasteiger partial charge in [-0.15, -0.1) is 0 Å². The van der Waals surface area contributed by atoms with Crippen molar-refractivity contribution in [3.05, 3.63) is 63.2 Å². The highest BCUT2D eigenvalue weighted by molar-refractivity contribution is 6.31. The van der Waals surface area contributed by atoms with Gasteiger partial charge in [-0.1, -0.05) is 29.8 Å². The van der Waals surface area contributed by atoms with Gasteiger partial charge in [-0.3, -0.25) is 20.2 Å². The summed E-state index contributed by atoms with van der Waals surface area (Å²) in [6.45, 7) is 3.60. The molecule has 0 radical (unpaired) electrons. The largest absolute Gasteiger partial charge is 0.495 e. The van der Waals surface area contributed by atoms with Crippen LogP contribution in [-0.2, 0) is 4.79 Å². The molecule has 0 bridgehead atoms. The zero-order chi connectivity index (χ0) is 19.3. The predicted molar refractivity (Wildman–Crippen MR) is 101 cm³/mol. The minimum atomic E-state index is -0.565. The first-order chi connectivity index (χ1) is 12.3. The summed E-state index contributed by atoms with van der Waals surface area (Å²) in [7, 11) is 1.43. The van der Waals surface area contributed by atoms with Gasteiger partial charge < -0.3 is 10.1 Å². The van der Waals surface area contributed by atoms with Crippen LogP contribution in [0.1, 0.15) is 25.5 Å². The number of rotatable bonds is 7. The highest BCUT2D eigenvalue weighted by Gasteiger charge is 2.20. The second-order valence-electron chi connectivity index (χ2n) is 5.76. The van der Waals surface area contributed by atoms with E-state index in [0.29, 0.717) is 10.8 Å². The van der Waals surface area contributed by atoms with Crippen molar-refractivity contribution in [3.8, 4) is 5.75 Å². The molecule has 0 aliphatic rings. The molecule has 2 unspecified atom stereocenters. The van der Waals surface area contributed by atoms with Crippen molar-refractivity contribution < 1.29 is 14.5 Å². The number of amides is 1. The topological polar surface area (TPSA) is 93.5 Å². The van der Waals surface area contributed by atoms with E-state index in [1.165, 1.54) is 25.3 Å². The van der Waals surface area contributed by atoms with Crippen LogP contribution in [0.15, 0.2) is 42.5 Å². The third-order valence-electron chi connectivity index (χ3n) is 3.92. The van der Waals surface area contributed by atoms with Gasteiger partial charge in [0, 0.05) is 23.2 Å². The lowest BCUT2D eigenvalue weighted by Crippen LogP contribution is -2.39. The van der Waals surface area contributed by atoms with E-state index < -0.39 is 11.0 Å². The fraction of sp³-hybridized carbons (Fsp3) is 0.278. The molecule has 0 fully saturated rings. The highest BCUT2D eigenvalue weighted by Crippen LogP contribution is 2.29. The van der Waals surface area contributed by atoms with E-state index in [-0.39, 0.29) is 23.3 Å². The maximum Gasteiger partial charge on any atom is 0.271 e. The van der Waals surface area contributed by atoms with Crippen molar-refractivity contribution in [1.29, 1.82) is 0 Å². The van der Waals surface area contributed by atoms with Crippen LogP contribution in [0.5, 0.6) is 5.75 Å².